The number of nitrogens with zero attached hydrogens (tertiary/aromatic N) is 4. The van der Waals surface area contributed by atoms with Crippen molar-refractivity contribution in [1.29, 1.82) is 0 Å². The molecule has 3 aliphatic rings. The van der Waals surface area contributed by atoms with Gasteiger partial charge in [0.25, 0.3) is 11.8 Å². The van der Waals surface area contributed by atoms with E-state index < -0.39 is 17.6 Å². The van der Waals surface area contributed by atoms with E-state index in [4.69, 9.17) is 4.74 Å². The minimum atomic E-state index is -2.99. The van der Waals surface area contributed by atoms with Crippen molar-refractivity contribution in [3.05, 3.63) is 88.5 Å². The van der Waals surface area contributed by atoms with Crippen LogP contribution in [0.2, 0.25) is 0 Å². The molecule has 2 saturated heterocycles. The molecule has 218 valence electrons. The number of morpholine rings is 1. The van der Waals surface area contributed by atoms with E-state index in [2.05, 4.69) is 36.8 Å². The molecule has 0 unspecified atom stereocenters. The van der Waals surface area contributed by atoms with Gasteiger partial charge in [-0.2, -0.15) is 0 Å². The highest BCUT2D eigenvalue weighted by molar-refractivity contribution is 6.04. The average molecular weight is 576 g/mol. The highest BCUT2D eigenvalue weighted by Crippen LogP contribution is 2.50. The first kappa shape index (κ1) is 28.2. The second-order valence-corrected chi connectivity index (χ2v) is 11.0. The van der Waals surface area contributed by atoms with Crippen LogP contribution < -0.4 is 10.2 Å². The summed E-state index contributed by atoms with van der Waals surface area (Å²) in [7, 11) is 2.03. The fourth-order valence-corrected chi connectivity index (χ4v) is 5.76. The number of hydrogen-bond donors (Lipinski definition) is 1. The normalized spacial score (nSPS) is 20.5. The molecular weight excluding hydrogens is 543 g/mol. The van der Waals surface area contributed by atoms with E-state index >= 15 is 8.78 Å². The molecule has 3 aromatic rings. The second-order valence-electron chi connectivity index (χ2n) is 11.0. The molecule has 1 N–H and O–H groups in total. The zero-order valence-corrected chi connectivity index (χ0v) is 23.4. The Kier molecular flexibility index (Phi) is 7.90. The number of aromatic nitrogens is 1. The van der Waals surface area contributed by atoms with E-state index in [9.17, 15) is 9.18 Å². The molecule has 0 spiro atoms. The Morgan fingerprint density at radius 2 is 1.79 bits per heavy atom. The van der Waals surface area contributed by atoms with Crippen molar-refractivity contribution in [1.82, 2.24) is 14.8 Å². The highest BCUT2D eigenvalue weighted by atomic mass is 19.3. The molecule has 6 rings (SSSR count). The molecule has 2 aliphatic heterocycles. The predicted octanol–water partition coefficient (Wildman–Crippen LogP) is 4.49. The standard InChI is InChI=1S/C32H32F3N5O2/c1-38-8-10-40(11-9-38)30-19-32(34,35)28-18-25(5-6-27(28)30)37-31(41)24-4-7-29(33)23(17-24)3-2-22-16-26(21-36-20-22)39-12-14-42-15-13-39/h4-7,16-18,20-21,30H,8-15,19H2,1H3,(H,37,41)/t30-/m1/s1. The Morgan fingerprint density at radius 1 is 1.00 bits per heavy atom. The number of amides is 1. The first-order chi connectivity index (χ1) is 20.3. The third kappa shape index (κ3) is 6.00. The molecule has 10 heteroatoms. The molecule has 3 heterocycles. The Bertz CT molecular complexity index is 1540. The number of ether oxygens (including phenoxy) is 1. The molecule has 7 nitrogen and oxygen atoms in total. The van der Waals surface area contributed by atoms with Crippen LogP contribution in [0.1, 0.15) is 45.1 Å². The first-order valence-corrected chi connectivity index (χ1v) is 14.1. The Labute approximate surface area is 243 Å². The second kappa shape index (κ2) is 11.8. The smallest absolute Gasteiger partial charge is 0.275 e. The molecule has 2 aromatic carbocycles. The van der Waals surface area contributed by atoms with Crippen LogP contribution in [-0.2, 0) is 10.7 Å². The van der Waals surface area contributed by atoms with Crippen molar-refractivity contribution in [3.8, 4) is 11.8 Å². The van der Waals surface area contributed by atoms with Crippen molar-refractivity contribution in [3.63, 3.8) is 0 Å². The van der Waals surface area contributed by atoms with Crippen LogP contribution in [0.4, 0.5) is 24.5 Å². The number of carbonyl (C=O) groups excluding carboxylic acids is 1. The summed E-state index contributed by atoms with van der Waals surface area (Å²) in [5, 5.41) is 2.70. The number of pyridine rings is 1. The Hall–Kier alpha value is -3.91. The van der Waals surface area contributed by atoms with Gasteiger partial charge >= 0.3 is 0 Å². The van der Waals surface area contributed by atoms with Crippen molar-refractivity contribution in [2.75, 3.05) is 69.7 Å². The number of halogens is 3. The molecular formula is C32H32F3N5O2. The van der Waals surface area contributed by atoms with Gasteiger partial charge in [-0.25, -0.2) is 13.2 Å². The van der Waals surface area contributed by atoms with Gasteiger partial charge in [-0.1, -0.05) is 17.9 Å². The fourth-order valence-electron chi connectivity index (χ4n) is 5.76. The largest absolute Gasteiger partial charge is 0.378 e. The van der Waals surface area contributed by atoms with Crippen LogP contribution in [0.15, 0.2) is 54.9 Å². The summed E-state index contributed by atoms with van der Waals surface area (Å²) in [5.74, 6) is 1.65. The summed E-state index contributed by atoms with van der Waals surface area (Å²) in [6.07, 6.45) is 3.08. The van der Waals surface area contributed by atoms with Gasteiger partial charge in [0.05, 0.1) is 30.7 Å². The van der Waals surface area contributed by atoms with Crippen LogP contribution >= 0.6 is 0 Å². The number of hydrogen-bond acceptors (Lipinski definition) is 6. The van der Waals surface area contributed by atoms with Crippen molar-refractivity contribution < 1.29 is 22.7 Å². The van der Waals surface area contributed by atoms with Crippen LogP contribution in [-0.4, -0.2) is 80.2 Å². The summed E-state index contributed by atoms with van der Waals surface area (Å²) in [6, 6.07) is 10.1. The van der Waals surface area contributed by atoms with Gasteiger partial charge in [0, 0.05) is 80.3 Å². The minimum absolute atomic E-state index is 0.0509. The molecule has 2 fully saturated rings. The van der Waals surface area contributed by atoms with Gasteiger partial charge in [0.2, 0.25) is 0 Å². The summed E-state index contributed by atoms with van der Waals surface area (Å²) in [4.78, 5) is 23.8. The van der Waals surface area contributed by atoms with E-state index in [-0.39, 0.29) is 34.8 Å². The van der Waals surface area contributed by atoms with E-state index in [1.807, 2.05) is 13.1 Å². The van der Waals surface area contributed by atoms with Crippen LogP contribution in [0.25, 0.3) is 0 Å². The lowest BCUT2D eigenvalue weighted by molar-refractivity contribution is -0.0257. The fraction of sp³-hybridized carbons (Fsp3) is 0.375. The molecule has 1 aliphatic carbocycles. The van der Waals surface area contributed by atoms with E-state index in [0.29, 0.717) is 24.3 Å². The topological polar surface area (TPSA) is 60.9 Å². The zero-order chi connectivity index (χ0) is 29.3. The van der Waals surface area contributed by atoms with Crippen LogP contribution in [0, 0.1) is 17.7 Å². The summed E-state index contributed by atoms with van der Waals surface area (Å²) >= 11 is 0. The molecule has 1 amide bonds. The Morgan fingerprint density at radius 3 is 2.57 bits per heavy atom. The van der Waals surface area contributed by atoms with Gasteiger partial charge in [-0.3, -0.25) is 14.7 Å². The van der Waals surface area contributed by atoms with Crippen LogP contribution in [0.3, 0.4) is 0 Å². The van der Waals surface area contributed by atoms with Crippen LogP contribution in [0.5, 0.6) is 0 Å². The summed E-state index contributed by atoms with van der Waals surface area (Å²) < 4.78 is 50.2. The maximum atomic E-state index is 15.1. The van der Waals surface area contributed by atoms with Crippen molar-refractivity contribution in [2.24, 2.45) is 0 Å². The Balaban J connectivity index is 1.18. The number of nitrogens with one attached hydrogen (secondary N) is 1. The maximum Gasteiger partial charge on any atom is 0.275 e. The number of fused-ring (bicyclic) bond motifs is 1. The van der Waals surface area contributed by atoms with Gasteiger partial charge in [-0.05, 0) is 49.0 Å². The number of carbonyl (C=O) groups is 1. The highest BCUT2D eigenvalue weighted by Gasteiger charge is 2.47. The number of benzene rings is 2. The van der Waals surface area contributed by atoms with E-state index in [0.717, 1.165) is 45.0 Å². The molecule has 0 radical (unpaired) electrons. The number of anilines is 2. The van der Waals surface area contributed by atoms with Crippen molar-refractivity contribution >= 4 is 17.3 Å². The third-order valence-electron chi connectivity index (χ3n) is 8.16. The third-order valence-corrected chi connectivity index (χ3v) is 8.16. The lowest BCUT2D eigenvalue weighted by Gasteiger charge is -2.36. The first-order valence-electron chi connectivity index (χ1n) is 14.1. The molecule has 1 atom stereocenters. The number of piperazine rings is 1. The number of alkyl halides is 2. The molecule has 0 bridgehead atoms. The number of rotatable bonds is 4. The zero-order valence-electron chi connectivity index (χ0n) is 23.4. The van der Waals surface area contributed by atoms with Crippen molar-refractivity contribution in [2.45, 2.75) is 18.4 Å². The molecule has 42 heavy (non-hydrogen) atoms. The van der Waals surface area contributed by atoms with Gasteiger partial charge in [0.15, 0.2) is 0 Å². The van der Waals surface area contributed by atoms with Gasteiger partial charge in [0.1, 0.15) is 5.82 Å². The van der Waals surface area contributed by atoms with E-state index in [1.54, 1.807) is 24.5 Å². The quantitative estimate of drug-likeness (QED) is 0.463. The average Bonchev–Trinajstić information content (AvgIpc) is 3.27. The summed E-state index contributed by atoms with van der Waals surface area (Å²) in [5.41, 5.74) is 2.56. The SMILES string of the molecule is CN1CCN([C@@H]2CC(F)(F)c3cc(NC(=O)c4ccc(F)c(C#Cc5cncc(N6CCOCC6)c5)c4)ccc32)CC1. The number of likely N-dealkylation sites (N-methyl/N-ethyl adjacent to an activating group) is 1. The van der Waals surface area contributed by atoms with E-state index in [1.165, 1.54) is 24.3 Å². The predicted molar refractivity (Wildman–Crippen MR) is 154 cm³/mol. The van der Waals surface area contributed by atoms with Gasteiger partial charge < -0.3 is 19.9 Å². The molecule has 1 aromatic heterocycles. The lowest BCUT2D eigenvalue weighted by atomic mass is 10.0. The summed E-state index contributed by atoms with van der Waals surface area (Å²) in [6.45, 7) is 5.94. The lowest BCUT2D eigenvalue weighted by Crippen LogP contribution is -2.45. The van der Waals surface area contributed by atoms with Gasteiger partial charge in [-0.15, -0.1) is 0 Å². The minimum Gasteiger partial charge on any atom is -0.378 e. The monoisotopic (exact) mass is 575 g/mol. The molecule has 0 saturated carbocycles. The maximum absolute atomic E-state index is 15.1.